The average molecular weight is 385 g/mol. The minimum absolute atomic E-state index is 0. The second-order valence-corrected chi connectivity index (χ2v) is 5.78. The van der Waals surface area contributed by atoms with Gasteiger partial charge < -0.3 is 45.7 Å². The van der Waals surface area contributed by atoms with Crippen LogP contribution >= 0.6 is 0 Å². The number of hydrogen-bond donors (Lipinski definition) is 2. The van der Waals surface area contributed by atoms with Crippen LogP contribution < -0.4 is 40.2 Å². The first-order valence-electron chi connectivity index (χ1n) is 8.02. The second-order valence-electron chi connectivity index (χ2n) is 5.78. The van der Waals surface area contributed by atoms with Crippen molar-refractivity contribution in [2.75, 3.05) is 13.7 Å². The molecule has 0 bridgehead atoms. The fourth-order valence-corrected chi connectivity index (χ4v) is 3.21. The van der Waals surface area contributed by atoms with Gasteiger partial charge in [0.15, 0.2) is 0 Å². The summed E-state index contributed by atoms with van der Waals surface area (Å²) in [6.07, 6.45) is 2.41. The first kappa shape index (κ1) is 23.7. The lowest BCUT2D eigenvalue weighted by molar-refractivity contribution is -0.001000. The summed E-state index contributed by atoms with van der Waals surface area (Å²) in [5, 5.41) is 7.38. The van der Waals surface area contributed by atoms with E-state index >= 15 is 0 Å². The zero-order chi connectivity index (χ0) is 15.2. The average Bonchev–Trinajstić information content (AvgIpc) is 2.61. The van der Waals surface area contributed by atoms with E-state index in [2.05, 4.69) is 53.1 Å². The smallest absolute Gasteiger partial charge is 0.123 e. The molecule has 2 aromatic rings. The molecule has 25 heavy (non-hydrogen) atoms. The maximum Gasteiger partial charge on any atom is 0.123 e. The van der Waals surface area contributed by atoms with E-state index in [0.29, 0.717) is 12.1 Å². The van der Waals surface area contributed by atoms with Crippen molar-refractivity contribution >= 4 is 0 Å². The Labute approximate surface area is 162 Å². The summed E-state index contributed by atoms with van der Waals surface area (Å²) in [6, 6.07) is 19.8. The summed E-state index contributed by atoms with van der Waals surface area (Å²) in [5.74, 6) is 0.954. The Kier molecular flexibility index (Phi) is 11.5. The lowest BCUT2D eigenvalue weighted by Gasteiger charge is -2.34. The predicted molar refractivity (Wildman–Crippen MR) is 93.7 cm³/mol. The molecule has 2 atom stereocenters. The minimum atomic E-state index is 0. The Morgan fingerprint density at radius 3 is 2.44 bits per heavy atom. The van der Waals surface area contributed by atoms with Gasteiger partial charge >= 0.3 is 0 Å². The van der Waals surface area contributed by atoms with Crippen molar-refractivity contribution in [3.8, 4) is 5.75 Å². The van der Waals surface area contributed by atoms with Crippen LogP contribution in [0.2, 0.25) is 0 Å². The number of para-hydroxylation sites is 1. The predicted octanol–water partition coefficient (Wildman–Crippen LogP) is -3.54. The molecule has 1 heterocycles. The van der Waals surface area contributed by atoms with Gasteiger partial charge in [-0.25, -0.2) is 0 Å². The van der Waals surface area contributed by atoms with Crippen molar-refractivity contribution in [2.45, 2.75) is 31.5 Å². The number of piperidine rings is 1. The summed E-state index contributed by atoms with van der Waals surface area (Å²) >= 11 is 0. The van der Waals surface area contributed by atoms with Crippen LogP contribution in [0.5, 0.6) is 5.75 Å². The summed E-state index contributed by atoms with van der Waals surface area (Å²) < 4.78 is 5.44. The van der Waals surface area contributed by atoms with Gasteiger partial charge in [0.2, 0.25) is 0 Å². The van der Waals surface area contributed by atoms with Gasteiger partial charge in [-0.05, 0) is 31.0 Å². The third-order valence-electron chi connectivity index (χ3n) is 4.36. The molecule has 0 saturated carbocycles. The van der Waals surface area contributed by atoms with Gasteiger partial charge in [0.05, 0.1) is 7.11 Å². The van der Waals surface area contributed by atoms with E-state index in [-0.39, 0.29) is 30.3 Å². The molecule has 0 amide bonds. The van der Waals surface area contributed by atoms with E-state index in [1.165, 1.54) is 24.0 Å². The molecule has 6 heteroatoms. The van der Waals surface area contributed by atoms with Crippen molar-refractivity contribution in [1.29, 1.82) is 0 Å². The molecule has 0 radical (unpaired) electrons. The van der Waals surface area contributed by atoms with Crippen LogP contribution in [0, 0.1) is 0 Å². The normalized spacial score (nSPS) is 18.9. The van der Waals surface area contributed by atoms with Gasteiger partial charge in [-0.1, -0.05) is 48.5 Å². The highest BCUT2D eigenvalue weighted by Gasteiger charge is 2.25. The molecule has 1 saturated heterocycles. The fraction of sp³-hybridized carbons (Fsp3) is 0.368. The number of hydrogen-bond acceptors (Lipinski definition) is 3. The van der Waals surface area contributed by atoms with Crippen LogP contribution in [0.25, 0.3) is 0 Å². The Morgan fingerprint density at radius 2 is 1.72 bits per heavy atom. The highest BCUT2D eigenvalue weighted by molar-refractivity contribution is 5.33. The van der Waals surface area contributed by atoms with Crippen molar-refractivity contribution in [3.05, 3.63) is 65.7 Å². The lowest BCUT2D eigenvalue weighted by Crippen LogP contribution is -3.00. The van der Waals surface area contributed by atoms with Crippen molar-refractivity contribution < 1.29 is 35.0 Å². The Bertz CT molecular complexity index is 599. The number of nitrogens with one attached hydrogen (secondary N) is 2. The molecule has 0 unspecified atom stereocenters. The van der Waals surface area contributed by atoms with Gasteiger partial charge in [0.1, 0.15) is 5.75 Å². The van der Waals surface area contributed by atoms with E-state index in [1.807, 2.05) is 12.1 Å². The molecular weight excluding hydrogens is 359 g/mol. The lowest BCUT2D eigenvalue weighted by atomic mass is 9.92. The molecule has 3 rings (SSSR count). The van der Waals surface area contributed by atoms with E-state index in [0.717, 1.165) is 18.8 Å². The van der Waals surface area contributed by atoms with Crippen molar-refractivity contribution in [2.24, 2.45) is 0 Å². The monoisotopic (exact) mass is 384 g/mol. The van der Waals surface area contributed by atoms with Crippen LogP contribution in [-0.2, 0) is 6.54 Å². The summed E-state index contributed by atoms with van der Waals surface area (Å²) in [7, 11) is 1.73. The molecule has 2 aromatic carbocycles. The molecule has 1 aliphatic rings. The van der Waals surface area contributed by atoms with Gasteiger partial charge in [-0.15, -0.1) is 0 Å². The summed E-state index contributed by atoms with van der Waals surface area (Å²) in [5.41, 5.74) is 2.57. The Hall–Kier alpha value is -1.30. The van der Waals surface area contributed by atoms with E-state index in [1.54, 1.807) is 7.11 Å². The van der Waals surface area contributed by atoms with Gasteiger partial charge in [0.25, 0.3) is 0 Å². The number of ether oxygens (including phenoxy) is 1. The molecule has 4 nitrogen and oxygen atoms in total. The van der Waals surface area contributed by atoms with Crippen molar-refractivity contribution in [3.63, 3.8) is 0 Å². The quantitative estimate of drug-likeness (QED) is 0.561. The minimum Gasteiger partial charge on any atom is -1.00 e. The van der Waals surface area contributed by atoms with Crippen LogP contribution in [-0.4, -0.2) is 25.2 Å². The van der Waals surface area contributed by atoms with Crippen LogP contribution in [0.4, 0.5) is 0 Å². The second kappa shape index (κ2) is 12.1. The number of rotatable bonds is 5. The maximum atomic E-state index is 5.44. The van der Waals surface area contributed by atoms with Gasteiger partial charge in [-0.2, -0.15) is 0 Å². The first-order valence-corrected chi connectivity index (χ1v) is 8.02. The number of methoxy groups -OCH3 is 1. The third kappa shape index (κ3) is 6.17. The standard InChI is InChI=1S/C19H24N2O.2ClH.H2O/c1-22-18-12-6-5-10-16(18)14-21-17-11-7-13-20-19(17)15-8-3-2-4-9-15;;;/h2-6,8-10,12,17,19-21H,7,11,13-14H2,1H3;2*1H;1H2/p-2/t17-,19-;;;/m1.../s1. The first-order chi connectivity index (χ1) is 10.9. The zero-order valence-corrected chi connectivity index (χ0v) is 15.9. The molecule has 1 fully saturated rings. The highest BCUT2D eigenvalue weighted by Crippen LogP contribution is 2.25. The highest BCUT2D eigenvalue weighted by atomic mass is 35.5. The van der Waals surface area contributed by atoms with Crippen LogP contribution in [0.3, 0.4) is 0 Å². The van der Waals surface area contributed by atoms with Crippen LogP contribution in [0.1, 0.15) is 30.0 Å². The zero-order valence-electron chi connectivity index (χ0n) is 14.3. The fourth-order valence-electron chi connectivity index (χ4n) is 3.21. The molecular formula is C19H26Cl2N2O2-2. The molecule has 1 aliphatic heterocycles. The van der Waals surface area contributed by atoms with Gasteiger partial charge in [0, 0.05) is 24.2 Å². The Balaban J connectivity index is 0.00000192. The maximum absolute atomic E-state index is 5.44. The molecule has 0 aliphatic carbocycles. The van der Waals surface area contributed by atoms with E-state index in [4.69, 9.17) is 4.74 Å². The number of benzene rings is 2. The van der Waals surface area contributed by atoms with Crippen LogP contribution in [0.15, 0.2) is 54.6 Å². The molecule has 0 spiro atoms. The topological polar surface area (TPSA) is 64.8 Å². The third-order valence-corrected chi connectivity index (χ3v) is 4.36. The molecule has 140 valence electrons. The van der Waals surface area contributed by atoms with Gasteiger partial charge in [-0.3, -0.25) is 0 Å². The summed E-state index contributed by atoms with van der Waals surface area (Å²) in [6.45, 7) is 1.92. The number of halogens is 2. The van der Waals surface area contributed by atoms with Crippen molar-refractivity contribution in [1.82, 2.24) is 10.6 Å². The van der Waals surface area contributed by atoms with E-state index in [9.17, 15) is 0 Å². The largest absolute Gasteiger partial charge is 1.00 e. The Morgan fingerprint density at radius 1 is 1.04 bits per heavy atom. The SMILES string of the molecule is COc1ccccc1CN[C@@H]1CCCN[C@@H]1c1ccccc1.O.[Cl-].[Cl-]. The van der Waals surface area contributed by atoms with E-state index < -0.39 is 0 Å². The molecule has 0 aromatic heterocycles. The summed E-state index contributed by atoms with van der Waals surface area (Å²) in [4.78, 5) is 0. The molecule has 4 N–H and O–H groups in total.